The number of hydrazone groups is 1. The van der Waals surface area contributed by atoms with Crippen molar-refractivity contribution in [2.75, 3.05) is 6.61 Å². The number of carbonyl (C=O) groups excluding carboxylic acids is 2. The largest absolute Gasteiger partial charge is 0.490 e. The molecule has 5 rings (SSSR count). The zero-order valence-electron chi connectivity index (χ0n) is 18.2. The molecule has 1 heterocycles. The van der Waals surface area contributed by atoms with E-state index in [-0.39, 0.29) is 42.1 Å². The Morgan fingerprint density at radius 2 is 1.79 bits per heavy atom. The van der Waals surface area contributed by atoms with Crippen molar-refractivity contribution in [2.45, 2.75) is 20.0 Å². The van der Waals surface area contributed by atoms with E-state index < -0.39 is 0 Å². The van der Waals surface area contributed by atoms with E-state index >= 15 is 0 Å². The predicted molar refractivity (Wildman–Crippen MR) is 138 cm³/mol. The van der Waals surface area contributed by atoms with Crippen molar-refractivity contribution >= 4 is 63.8 Å². The van der Waals surface area contributed by atoms with Crippen molar-refractivity contribution in [1.82, 2.24) is 5.01 Å². The Morgan fingerprint density at radius 1 is 1.09 bits per heavy atom. The summed E-state index contributed by atoms with van der Waals surface area (Å²) in [6, 6.07) is 8.90. The van der Waals surface area contributed by atoms with Gasteiger partial charge in [-0.05, 0) is 77.6 Å². The molecule has 1 saturated carbocycles. The average molecular weight is 611 g/mol. The van der Waals surface area contributed by atoms with E-state index in [0.29, 0.717) is 33.7 Å². The van der Waals surface area contributed by atoms with Gasteiger partial charge in [-0.25, -0.2) is 0 Å². The fourth-order valence-corrected chi connectivity index (χ4v) is 6.22. The SMILES string of the molecule is CCOc1cc(/C=N\N2C(=O)[C@@H]3[C@@H](C2=O)[C@H]2C=C[C@H]3C2)cc(I)c1OCc1ccc(Cl)cc1Cl. The lowest BCUT2D eigenvalue weighted by atomic mass is 9.85. The zero-order valence-corrected chi connectivity index (χ0v) is 21.9. The number of nitrogens with zero attached hydrogens (tertiary/aromatic N) is 2. The Balaban J connectivity index is 1.35. The number of hydrogen-bond acceptors (Lipinski definition) is 5. The van der Waals surface area contributed by atoms with Crippen molar-refractivity contribution in [3.8, 4) is 11.5 Å². The second kappa shape index (κ2) is 9.51. The molecular weight excluding hydrogens is 590 g/mol. The van der Waals surface area contributed by atoms with Crippen LogP contribution in [0.25, 0.3) is 0 Å². The molecule has 2 aromatic rings. The van der Waals surface area contributed by atoms with Gasteiger partial charge in [0.05, 0.1) is 28.2 Å². The summed E-state index contributed by atoms with van der Waals surface area (Å²) in [6.45, 7) is 2.57. The van der Waals surface area contributed by atoms with E-state index in [4.69, 9.17) is 32.7 Å². The molecule has 4 atom stereocenters. The van der Waals surface area contributed by atoms with Crippen LogP contribution in [0.15, 0.2) is 47.6 Å². The topological polar surface area (TPSA) is 68.2 Å². The number of carbonyl (C=O) groups is 2. The van der Waals surface area contributed by atoms with Crippen LogP contribution < -0.4 is 9.47 Å². The number of benzene rings is 2. The van der Waals surface area contributed by atoms with Crippen LogP contribution in [0.1, 0.15) is 24.5 Å². The van der Waals surface area contributed by atoms with E-state index in [1.54, 1.807) is 18.2 Å². The van der Waals surface area contributed by atoms with Crippen LogP contribution in [0.2, 0.25) is 10.0 Å². The molecule has 0 N–H and O–H groups in total. The van der Waals surface area contributed by atoms with Gasteiger partial charge in [0.25, 0.3) is 11.8 Å². The molecular formula is C25H21Cl2IN2O4. The minimum Gasteiger partial charge on any atom is -0.490 e. The van der Waals surface area contributed by atoms with Crippen LogP contribution >= 0.6 is 45.8 Å². The van der Waals surface area contributed by atoms with Gasteiger partial charge in [-0.2, -0.15) is 10.1 Å². The van der Waals surface area contributed by atoms with Gasteiger partial charge >= 0.3 is 0 Å². The van der Waals surface area contributed by atoms with Crippen LogP contribution in [-0.2, 0) is 16.2 Å². The summed E-state index contributed by atoms with van der Waals surface area (Å²) >= 11 is 14.4. The van der Waals surface area contributed by atoms with Crippen LogP contribution in [0.5, 0.6) is 11.5 Å². The van der Waals surface area contributed by atoms with Crippen LogP contribution in [0, 0.1) is 27.2 Å². The summed E-state index contributed by atoms with van der Waals surface area (Å²) in [4.78, 5) is 25.7. The molecule has 2 amide bonds. The second-order valence-corrected chi connectivity index (χ2v) is 10.5. The molecule has 176 valence electrons. The quantitative estimate of drug-likeness (QED) is 0.174. The minimum absolute atomic E-state index is 0.155. The highest BCUT2D eigenvalue weighted by molar-refractivity contribution is 14.1. The number of ether oxygens (including phenoxy) is 2. The molecule has 34 heavy (non-hydrogen) atoms. The van der Waals surface area contributed by atoms with Crippen LogP contribution in [0.3, 0.4) is 0 Å². The van der Waals surface area contributed by atoms with E-state index in [1.807, 2.05) is 19.1 Å². The molecule has 0 unspecified atom stereocenters. The Bertz CT molecular complexity index is 1200. The van der Waals surface area contributed by atoms with Gasteiger partial charge in [0.2, 0.25) is 0 Å². The second-order valence-electron chi connectivity index (χ2n) is 8.52. The van der Waals surface area contributed by atoms with Crippen molar-refractivity contribution in [1.29, 1.82) is 0 Å². The molecule has 6 nitrogen and oxygen atoms in total. The molecule has 2 aliphatic carbocycles. The van der Waals surface area contributed by atoms with Gasteiger partial charge in [-0.3, -0.25) is 9.59 Å². The maximum atomic E-state index is 12.9. The van der Waals surface area contributed by atoms with Crippen LogP contribution in [-0.4, -0.2) is 29.6 Å². The fourth-order valence-electron chi connectivity index (χ4n) is 4.98. The average Bonchev–Trinajstić information content (AvgIpc) is 3.47. The molecule has 0 spiro atoms. The Hall–Kier alpha value is -2.10. The third-order valence-corrected chi connectivity index (χ3v) is 7.88. The summed E-state index contributed by atoms with van der Waals surface area (Å²) < 4.78 is 12.7. The van der Waals surface area contributed by atoms with Gasteiger partial charge in [-0.15, -0.1) is 0 Å². The summed E-state index contributed by atoms with van der Waals surface area (Å²) in [5, 5.41) is 6.40. The summed E-state index contributed by atoms with van der Waals surface area (Å²) in [5.41, 5.74) is 1.50. The lowest BCUT2D eigenvalue weighted by Crippen LogP contribution is -2.28. The molecule has 1 saturated heterocycles. The number of fused-ring (bicyclic) bond motifs is 5. The fraction of sp³-hybridized carbons (Fsp3) is 0.320. The Kier molecular flexibility index (Phi) is 6.61. The molecule has 3 aliphatic rings. The number of rotatable bonds is 7. The Morgan fingerprint density at radius 3 is 2.44 bits per heavy atom. The molecule has 0 radical (unpaired) electrons. The van der Waals surface area contributed by atoms with Gasteiger partial charge in [0, 0.05) is 15.6 Å². The van der Waals surface area contributed by atoms with E-state index in [2.05, 4.69) is 39.8 Å². The molecule has 2 aromatic carbocycles. The number of halogens is 3. The van der Waals surface area contributed by atoms with Crippen LogP contribution in [0.4, 0.5) is 0 Å². The highest BCUT2D eigenvalue weighted by atomic mass is 127. The molecule has 2 fully saturated rings. The lowest BCUT2D eigenvalue weighted by molar-refractivity contribution is -0.140. The summed E-state index contributed by atoms with van der Waals surface area (Å²) in [5.74, 6) is 0.481. The smallest absolute Gasteiger partial charge is 0.254 e. The number of imide groups is 1. The molecule has 0 aromatic heterocycles. The van der Waals surface area contributed by atoms with E-state index in [9.17, 15) is 9.59 Å². The maximum absolute atomic E-state index is 12.9. The molecule has 2 bridgehead atoms. The third kappa shape index (κ3) is 4.22. The monoisotopic (exact) mass is 610 g/mol. The lowest BCUT2D eigenvalue weighted by Gasteiger charge is -2.15. The minimum atomic E-state index is -0.269. The zero-order chi connectivity index (χ0) is 24.0. The van der Waals surface area contributed by atoms with Crippen molar-refractivity contribution in [3.63, 3.8) is 0 Å². The summed E-state index contributed by atoms with van der Waals surface area (Å²) in [7, 11) is 0. The van der Waals surface area contributed by atoms with Crippen molar-refractivity contribution in [2.24, 2.45) is 28.8 Å². The maximum Gasteiger partial charge on any atom is 0.254 e. The normalized spacial score (nSPS) is 25.0. The number of allylic oxidation sites excluding steroid dienone is 2. The standard InChI is InChI=1S/C25H21Cl2IN2O4/c1-2-33-20-8-13(7-19(28)23(20)34-12-16-5-6-17(26)10-18(16)27)11-29-30-24(31)21-14-3-4-15(9-14)22(21)25(30)32/h3-8,10-11,14-15,21-22H,2,9,12H2,1H3/b29-11-/t14-,15-,21-,22-/m0/s1. The van der Waals surface area contributed by atoms with E-state index in [0.717, 1.165) is 20.6 Å². The van der Waals surface area contributed by atoms with Crippen molar-refractivity contribution in [3.05, 3.63) is 67.2 Å². The first-order valence-corrected chi connectivity index (χ1v) is 12.8. The first-order valence-electron chi connectivity index (χ1n) is 11.0. The van der Waals surface area contributed by atoms with Gasteiger partial charge in [0.15, 0.2) is 11.5 Å². The first kappa shape index (κ1) is 23.6. The van der Waals surface area contributed by atoms with Gasteiger partial charge in [-0.1, -0.05) is 41.4 Å². The van der Waals surface area contributed by atoms with Gasteiger partial charge in [0.1, 0.15) is 6.61 Å². The highest BCUT2D eigenvalue weighted by Crippen LogP contribution is 2.52. The number of hydrogen-bond donors (Lipinski definition) is 0. The predicted octanol–water partition coefficient (Wildman–Crippen LogP) is 5.72. The van der Waals surface area contributed by atoms with Crippen molar-refractivity contribution < 1.29 is 19.1 Å². The molecule has 9 heteroatoms. The van der Waals surface area contributed by atoms with E-state index in [1.165, 1.54) is 6.21 Å². The molecule has 1 aliphatic heterocycles. The number of amides is 2. The summed E-state index contributed by atoms with van der Waals surface area (Å²) in [6.07, 6.45) is 6.55. The first-order chi connectivity index (χ1) is 16.4. The van der Waals surface area contributed by atoms with Gasteiger partial charge < -0.3 is 9.47 Å². The highest BCUT2D eigenvalue weighted by Gasteiger charge is 2.59. The Labute approximate surface area is 221 Å². The third-order valence-electron chi connectivity index (χ3n) is 6.49.